The number of urea groups is 1. The Balaban J connectivity index is 1.96. The summed E-state index contributed by atoms with van der Waals surface area (Å²) in [5.74, 6) is -3.32. The molecule has 4 nitrogen and oxygen atoms in total. The number of nitrogens with zero attached hydrogens (tertiary/aromatic N) is 1. The van der Waals surface area contributed by atoms with Crippen LogP contribution in [0.5, 0.6) is 0 Å². The molecule has 1 fully saturated rings. The molecule has 0 spiro atoms. The van der Waals surface area contributed by atoms with Gasteiger partial charge in [0, 0.05) is 13.0 Å². The van der Waals surface area contributed by atoms with Gasteiger partial charge < -0.3 is 15.3 Å². The van der Waals surface area contributed by atoms with Gasteiger partial charge in [-0.3, -0.25) is 0 Å². The zero-order valence-corrected chi connectivity index (χ0v) is 11.6. The van der Waals surface area contributed by atoms with E-state index in [1.807, 2.05) is 0 Å². The summed E-state index contributed by atoms with van der Waals surface area (Å²) in [6.07, 6.45) is -0.535. The maximum absolute atomic E-state index is 13.3. The predicted molar refractivity (Wildman–Crippen MR) is 70.5 cm³/mol. The van der Waals surface area contributed by atoms with Crippen LogP contribution in [-0.4, -0.2) is 41.2 Å². The lowest BCUT2D eigenvalue weighted by Crippen LogP contribution is -2.44. The number of alkyl halides is 2. The van der Waals surface area contributed by atoms with Gasteiger partial charge >= 0.3 is 6.03 Å². The number of nitrogens with one attached hydrogen (secondary N) is 1. The number of aliphatic hydroxyl groups excluding tert-OH is 1. The minimum atomic E-state index is -2.97. The third kappa shape index (κ3) is 3.66. The molecular formula is C14H17F3N2O2. The van der Waals surface area contributed by atoms with E-state index in [0.29, 0.717) is 11.1 Å². The molecule has 0 aromatic heterocycles. The van der Waals surface area contributed by atoms with Gasteiger partial charge in [-0.1, -0.05) is 12.1 Å². The van der Waals surface area contributed by atoms with Crippen LogP contribution in [0.1, 0.15) is 17.5 Å². The van der Waals surface area contributed by atoms with E-state index in [0.717, 1.165) is 4.90 Å². The number of aliphatic hydroxyl groups is 1. The van der Waals surface area contributed by atoms with Gasteiger partial charge in [0.05, 0.1) is 19.2 Å². The van der Waals surface area contributed by atoms with E-state index in [-0.39, 0.29) is 12.4 Å². The van der Waals surface area contributed by atoms with E-state index >= 15 is 0 Å². The highest BCUT2D eigenvalue weighted by atomic mass is 19.3. The predicted octanol–water partition coefficient (Wildman–Crippen LogP) is 2.05. The summed E-state index contributed by atoms with van der Waals surface area (Å²) in [5, 5.41) is 11.6. The van der Waals surface area contributed by atoms with Gasteiger partial charge in [0.15, 0.2) is 0 Å². The lowest BCUT2D eigenvalue weighted by atomic mass is 10.1. The Hall–Kier alpha value is -1.76. The maximum atomic E-state index is 13.3. The Labute approximate surface area is 120 Å². The zero-order chi connectivity index (χ0) is 15.6. The van der Waals surface area contributed by atoms with E-state index < -0.39 is 37.6 Å². The largest absolute Gasteiger partial charge is 0.394 e. The Morgan fingerprint density at radius 1 is 1.52 bits per heavy atom. The molecule has 7 heteroatoms. The number of aryl methyl sites for hydroxylation is 1. The molecule has 1 aromatic rings. The average Bonchev–Trinajstić information content (AvgIpc) is 2.75. The Kier molecular flexibility index (Phi) is 4.41. The number of carbonyl (C=O) groups excluding carboxylic acids is 1. The van der Waals surface area contributed by atoms with E-state index in [4.69, 9.17) is 5.11 Å². The van der Waals surface area contributed by atoms with Gasteiger partial charge in [-0.05, 0) is 24.1 Å². The Bertz CT molecular complexity index is 537. The first-order chi connectivity index (χ1) is 9.82. The van der Waals surface area contributed by atoms with Gasteiger partial charge in [0.2, 0.25) is 0 Å². The quantitative estimate of drug-likeness (QED) is 0.898. The lowest BCUT2D eigenvalue weighted by Gasteiger charge is -2.22. The Morgan fingerprint density at radius 2 is 2.24 bits per heavy atom. The first-order valence-corrected chi connectivity index (χ1v) is 6.60. The van der Waals surface area contributed by atoms with Crippen molar-refractivity contribution in [3.63, 3.8) is 0 Å². The van der Waals surface area contributed by atoms with Gasteiger partial charge in [0.1, 0.15) is 5.82 Å². The summed E-state index contributed by atoms with van der Waals surface area (Å²) < 4.78 is 39.7. The third-order valence-corrected chi connectivity index (χ3v) is 3.51. The topological polar surface area (TPSA) is 52.6 Å². The van der Waals surface area contributed by atoms with Crippen molar-refractivity contribution < 1.29 is 23.1 Å². The fourth-order valence-electron chi connectivity index (χ4n) is 2.39. The molecule has 1 saturated heterocycles. The van der Waals surface area contributed by atoms with E-state index in [2.05, 4.69) is 5.32 Å². The molecule has 1 atom stereocenters. The highest BCUT2D eigenvalue weighted by Gasteiger charge is 2.46. The lowest BCUT2D eigenvalue weighted by molar-refractivity contribution is 0.0141. The van der Waals surface area contributed by atoms with Crippen LogP contribution in [0.3, 0.4) is 0 Å². The monoisotopic (exact) mass is 302 g/mol. The summed E-state index contributed by atoms with van der Waals surface area (Å²) in [7, 11) is 0. The summed E-state index contributed by atoms with van der Waals surface area (Å²) in [5.41, 5.74) is 1.12. The van der Waals surface area contributed by atoms with Crippen molar-refractivity contribution in [2.45, 2.75) is 31.9 Å². The fraction of sp³-hybridized carbons (Fsp3) is 0.500. The van der Waals surface area contributed by atoms with Crippen molar-refractivity contribution in [1.82, 2.24) is 10.2 Å². The van der Waals surface area contributed by atoms with Crippen LogP contribution in [0.4, 0.5) is 18.0 Å². The highest BCUT2D eigenvalue weighted by molar-refractivity contribution is 5.75. The molecule has 1 unspecified atom stereocenters. The molecule has 1 aliphatic rings. The second-order valence-corrected chi connectivity index (χ2v) is 5.27. The molecule has 1 heterocycles. The van der Waals surface area contributed by atoms with Crippen molar-refractivity contribution in [3.8, 4) is 0 Å². The number of amides is 2. The second kappa shape index (κ2) is 5.93. The second-order valence-electron chi connectivity index (χ2n) is 5.27. The molecule has 0 bridgehead atoms. The molecule has 0 saturated carbocycles. The number of hydrogen-bond acceptors (Lipinski definition) is 2. The SMILES string of the molecule is Cc1cc(CNC(=O)N2CC(F)(F)CC2CO)ccc1F. The minimum Gasteiger partial charge on any atom is -0.394 e. The van der Waals surface area contributed by atoms with Crippen molar-refractivity contribution in [3.05, 3.63) is 35.1 Å². The molecule has 116 valence electrons. The summed E-state index contributed by atoms with van der Waals surface area (Å²) >= 11 is 0. The van der Waals surface area contributed by atoms with Gasteiger partial charge in [-0.25, -0.2) is 18.0 Å². The smallest absolute Gasteiger partial charge is 0.318 e. The zero-order valence-electron chi connectivity index (χ0n) is 11.6. The number of carbonyl (C=O) groups is 1. The van der Waals surface area contributed by atoms with Crippen molar-refractivity contribution in [2.75, 3.05) is 13.2 Å². The molecule has 21 heavy (non-hydrogen) atoms. The van der Waals surface area contributed by atoms with Crippen LogP contribution in [0.15, 0.2) is 18.2 Å². The average molecular weight is 302 g/mol. The molecular weight excluding hydrogens is 285 g/mol. The van der Waals surface area contributed by atoms with Crippen LogP contribution in [0.2, 0.25) is 0 Å². The number of hydrogen-bond donors (Lipinski definition) is 2. The standard InChI is InChI=1S/C14H17F3N2O2/c1-9-4-10(2-3-12(9)15)6-18-13(21)19-8-14(16,17)5-11(19)7-20/h2-4,11,20H,5-8H2,1H3,(H,18,21). The first kappa shape index (κ1) is 15.6. The normalized spacial score (nSPS) is 20.6. The maximum Gasteiger partial charge on any atom is 0.318 e. The molecule has 1 aliphatic heterocycles. The van der Waals surface area contributed by atoms with Crippen molar-refractivity contribution >= 4 is 6.03 Å². The molecule has 2 amide bonds. The van der Waals surface area contributed by atoms with E-state index in [1.165, 1.54) is 12.1 Å². The third-order valence-electron chi connectivity index (χ3n) is 3.51. The van der Waals surface area contributed by atoms with E-state index in [1.54, 1.807) is 13.0 Å². The van der Waals surface area contributed by atoms with Crippen LogP contribution in [0.25, 0.3) is 0 Å². The highest BCUT2D eigenvalue weighted by Crippen LogP contribution is 2.31. The number of benzene rings is 1. The first-order valence-electron chi connectivity index (χ1n) is 6.60. The summed E-state index contributed by atoms with van der Waals surface area (Å²) in [6.45, 7) is 0.509. The van der Waals surface area contributed by atoms with Crippen LogP contribution in [0, 0.1) is 12.7 Å². The van der Waals surface area contributed by atoms with Gasteiger partial charge in [-0.15, -0.1) is 0 Å². The number of likely N-dealkylation sites (tertiary alicyclic amines) is 1. The molecule has 2 rings (SSSR count). The molecule has 0 aliphatic carbocycles. The summed E-state index contributed by atoms with van der Waals surface area (Å²) in [4.78, 5) is 12.9. The molecule has 0 radical (unpaired) electrons. The minimum absolute atomic E-state index is 0.111. The molecule has 2 N–H and O–H groups in total. The Morgan fingerprint density at radius 3 is 2.86 bits per heavy atom. The number of halogens is 3. The van der Waals surface area contributed by atoms with Crippen molar-refractivity contribution in [1.29, 1.82) is 0 Å². The summed E-state index contributed by atoms with van der Waals surface area (Å²) in [6, 6.07) is 2.85. The van der Waals surface area contributed by atoms with E-state index in [9.17, 15) is 18.0 Å². The van der Waals surface area contributed by atoms with Gasteiger partial charge in [-0.2, -0.15) is 0 Å². The van der Waals surface area contributed by atoms with Crippen LogP contribution < -0.4 is 5.32 Å². The van der Waals surface area contributed by atoms with Crippen molar-refractivity contribution in [2.24, 2.45) is 0 Å². The number of rotatable bonds is 3. The molecule has 1 aromatic carbocycles. The van der Waals surface area contributed by atoms with Crippen LogP contribution in [-0.2, 0) is 6.54 Å². The van der Waals surface area contributed by atoms with Gasteiger partial charge in [0.25, 0.3) is 5.92 Å². The fourth-order valence-corrected chi connectivity index (χ4v) is 2.39. The van der Waals surface area contributed by atoms with Crippen LogP contribution >= 0.6 is 0 Å².